The molecule has 0 saturated heterocycles. The third kappa shape index (κ3) is 3.80. The molecule has 0 aliphatic rings. The van der Waals surface area contributed by atoms with Gasteiger partial charge < -0.3 is 4.98 Å². The highest BCUT2D eigenvalue weighted by atomic mass is 16.1. The van der Waals surface area contributed by atoms with Crippen molar-refractivity contribution in [3.8, 4) is 0 Å². The van der Waals surface area contributed by atoms with Crippen LogP contribution < -0.4 is 5.69 Å². The van der Waals surface area contributed by atoms with E-state index in [-0.39, 0.29) is 11.1 Å². The summed E-state index contributed by atoms with van der Waals surface area (Å²) in [4.78, 5) is 17.3. The molecule has 3 heteroatoms. The van der Waals surface area contributed by atoms with Crippen LogP contribution in [0, 0.1) is 0 Å². The molecule has 0 amide bonds. The molecule has 0 aliphatic carbocycles. The molecule has 1 aromatic heterocycles. The fourth-order valence-electron chi connectivity index (χ4n) is 1.85. The number of H-pyrrole nitrogens is 1. The molecule has 90 valence electrons. The highest BCUT2D eigenvalue weighted by Crippen LogP contribution is 2.27. The first kappa shape index (κ1) is 12.9. The van der Waals surface area contributed by atoms with E-state index in [9.17, 15) is 4.79 Å². The van der Waals surface area contributed by atoms with E-state index in [1.165, 1.54) is 25.7 Å². The molecular weight excluding hydrogens is 200 g/mol. The Morgan fingerprint density at radius 3 is 2.62 bits per heavy atom. The number of unbranched alkanes of at least 4 members (excludes halogenated alkanes) is 3. The second-order valence-electron chi connectivity index (χ2n) is 5.00. The standard InChI is InChI=1S/C13H22N2O/c1-4-5-6-7-8-13(2,3)11-9-14-12(16)15-10-11/h9-10H,4-8H2,1-3H3,(H,14,15,16). The molecule has 3 nitrogen and oxygen atoms in total. The van der Waals surface area contributed by atoms with E-state index in [1.54, 1.807) is 12.4 Å². The van der Waals surface area contributed by atoms with E-state index >= 15 is 0 Å². The molecule has 0 radical (unpaired) electrons. The summed E-state index contributed by atoms with van der Waals surface area (Å²) in [6.45, 7) is 6.62. The van der Waals surface area contributed by atoms with Crippen LogP contribution in [0.25, 0.3) is 0 Å². The number of rotatable bonds is 6. The van der Waals surface area contributed by atoms with Gasteiger partial charge in [0.25, 0.3) is 0 Å². The van der Waals surface area contributed by atoms with Crippen molar-refractivity contribution in [1.82, 2.24) is 9.97 Å². The number of nitrogens with one attached hydrogen (secondary N) is 1. The predicted octanol–water partition coefficient (Wildman–Crippen LogP) is 3.02. The van der Waals surface area contributed by atoms with Crippen LogP contribution in [0.3, 0.4) is 0 Å². The highest BCUT2D eigenvalue weighted by Gasteiger charge is 2.20. The van der Waals surface area contributed by atoms with Gasteiger partial charge in [-0.3, -0.25) is 0 Å². The molecule has 0 bridgehead atoms. The van der Waals surface area contributed by atoms with Gasteiger partial charge in [0.15, 0.2) is 0 Å². The number of aromatic amines is 1. The Kier molecular flexibility index (Phi) is 4.71. The van der Waals surface area contributed by atoms with E-state index in [0.717, 1.165) is 12.0 Å². The van der Waals surface area contributed by atoms with Crippen molar-refractivity contribution in [3.05, 3.63) is 28.4 Å². The van der Waals surface area contributed by atoms with Crippen molar-refractivity contribution in [3.63, 3.8) is 0 Å². The monoisotopic (exact) mass is 222 g/mol. The second-order valence-corrected chi connectivity index (χ2v) is 5.00. The quantitative estimate of drug-likeness (QED) is 0.752. The second kappa shape index (κ2) is 5.83. The summed E-state index contributed by atoms with van der Waals surface area (Å²) in [6, 6.07) is 0. The largest absolute Gasteiger partial charge is 0.344 e. The zero-order valence-electron chi connectivity index (χ0n) is 10.5. The van der Waals surface area contributed by atoms with Crippen LogP contribution >= 0.6 is 0 Å². The maximum atomic E-state index is 10.9. The Morgan fingerprint density at radius 1 is 1.31 bits per heavy atom. The molecule has 1 heterocycles. The molecule has 0 fully saturated rings. The van der Waals surface area contributed by atoms with Crippen LogP contribution in [0.1, 0.15) is 58.4 Å². The highest BCUT2D eigenvalue weighted by molar-refractivity contribution is 5.15. The van der Waals surface area contributed by atoms with Gasteiger partial charge >= 0.3 is 5.69 Å². The molecule has 0 aliphatic heterocycles. The normalized spacial score (nSPS) is 11.7. The van der Waals surface area contributed by atoms with Gasteiger partial charge in [0, 0.05) is 12.4 Å². The zero-order chi connectivity index (χ0) is 12.0. The van der Waals surface area contributed by atoms with E-state index in [4.69, 9.17) is 0 Å². The Balaban J connectivity index is 2.55. The SMILES string of the molecule is CCCCCCC(C)(C)c1cnc(=O)[nH]c1. The summed E-state index contributed by atoms with van der Waals surface area (Å²) >= 11 is 0. The smallest absolute Gasteiger partial charge is 0.312 e. The molecule has 0 aromatic carbocycles. The first-order valence-electron chi connectivity index (χ1n) is 6.11. The van der Waals surface area contributed by atoms with Gasteiger partial charge in [-0.15, -0.1) is 0 Å². The lowest BCUT2D eigenvalue weighted by molar-refractivity contribution is 0.443. The lowest BCUT2D eigenvalue weighted by Gasteiger charge is -2.24. The fraction of sp³-hybridized carbons (Fsp3) is 0.692. The first-order valence-corrected chi connectivity index (χ1v) is 6.11. The van der Waals surface area contributed by atoms with Crippen LogP contribution in [-0.2, 0) is 5.41 Å². The zero-order valence-corrected chi connectivity index (χ0v) is 10.5. The first-order chi connectivity index (χ1) is 7.56. The Morgan fingerprint density at radius 2 is 2.06 bits per heavy atom. The molecule has 0 unspecified atom stereocenters. The Bertz CT molecular complexity index is 348. The van der Waals surface area contributed by atoms with Gasteiger partial charge in [-0.2, -0.15) is 0 Å². The summed E-state index contributed by atoms with van der Waals surface area (Å²) in [5, 5.41) is 0. The van der Waals surface area contributed by atoms with Crippen molar-refractivity contribution in [1.29, 1.82) is 0 Å². The minimum absolute atomic E-state index is 0.102. The number of hydrogen-bond donors (Lipinski definition) is 1. The molecule has 0 spiro atoms. The minimum atomic E-state index is -0.273. The van der Waals surface area contributed by atoms with E-state index in [1.807, 2.05) is 0 Å². The Hall–Kier alpha value is -1.12. The Labute approximate surface area is 97.3 Å². The van der Waals surface area contributed by atoms with Crippen LogP contribution in [0.4, 0.5) is 0 Å². The fourth-order valence-corrected chi connectivity index (χ4v) is 1.85. The van der Waals surface area contributed by atoms with Crippen LogP contribution in [0.5, 0.6) is 0 Å². The molecule has 1 aromatic rings. The summed E-state index contributed by atoms with van der Waals surface area (Å²) in [6.07, 6.45) is 9.71. The molecule has 1 rings (SSSR count). The van der Waals surface area contributed by atoms with Gasteiger partial charge in [0.2, 0.25) is 0 Å². The van der Waals surface area contributed by atoms with Crippen molar-refractivity contribution in [2.24, 2.45) is 0 Å². The molecule has 1 N–H and O–H groups in total. The number of aromatic nitrogens is 2. The summed E-state index contributed by atoms with van der Waals surface area (Å²) in [5.74, 6) is 0. The molecular formula is C13H22N2O. The number of nitrogens with zero attached hydrogens (tertiary/aromatic N) is 1. The van der Waals surface area contributed by atoms with E-state index in [2.05, 4.69) is 30.7 Å². The minimum Gasteiger partial charge on any atom is -0.312 e. The average molecular weight is 222 g/mol. The maximum Gasteiger partial charge on any atom is 0.344 e. The van der Waals surface area contributed by atoms with Gasteiger partial charge in [-0.25, -0.2) is 9.78 Å². The molecule has 0 saturated carbocycles. The van der Waals surface area contributed by atoms with Crippen LogP contribution in [0.15, 0.2) is 17.2 Å². The third-order valence-corrected chi connectivity index (χ3v) is 3.11. The van der Waals surface area contributed by atoms with E-state index in [0.29, 0.717) is 0 Å². The van der Waals surface area contributed by atoms with Gasteiger partial charge in [-0.05, 0) is 17.4 Å². The van der Waals surface area contributed by atoms with Crippen molar-refractivity contribution in [2.75, 3.05) is 0 Å². The van der Waals surface area contributed by atoms with Crippen LogP contribution in [-0.4, -0.2) is 9.97 Å². The van der Waals surface area contributed by atoms with Crippen molar-refractivity contribution < 1.29 is 0 Å². The third-order valence-electron chi connectivity index (χ3n) is 3.11. The molecule has 16 heavy (non-hydrogen) atoms. The maximum absolute atomic E-state index is 10.9. The summed E-state index contributed by atoms with van der Waals surface area (Å²) in [5.41, 5.74) is 0.944. The summed E-state index contributed by atoms with van der Waals surface area (Å²) in [7, 11) is 0. The molecule has 0 atom stereocenters. The van der Waals surface area contributed by atoms with Gasteiger partial charge in [0.1, 0.15) is 0 Å². The predicted molar refractivity (Wildman–Crippen MR) is 66.6 cm³/mol. The van der Waals surface area contributed by atoms with Gasteiger partial charge in [-0.1, -0.05) is 46.5 Å². The van der Waals surface area contributed by atoms with Crippen LogP contribution in [0.2, 0.25) is 0 Å². The topological polar surface area (TPSA) is 45.8 Å². The van der Waals surface area contributed by atoms with Crippen molar-refractivity contribution in [2.45, 2.75) is 58.3 Å². The lowest BCUT2D eigenvalue weighted by Crippen LogP contribution is -2.20. The summed E-state index contributed by atoms with van der Waals surface area (Å²) < 4.78 is 0. The van der Waals surface area contributed by atoms with Gasteiger partial charge in [0.05, 0.1) is 0 Å². The average Bonchev–Trinajstić information content (AvgIpc) is 2.25. The lowest BCUT2D eigenvalue weighted by atomic mass is 9.81. The van der Waals surface area contributed by atoms with E-state index < -0.39 is 0 Å². The van der Waals surface area contributed by atoms with Crippen molar-refractivity contribution >= 4 is 0 Å². The number of hydrogen-bond acceptors (Lipinski definition) is 2.